The molecule has 1 aromatic heterocycles. The highest BCUT2D eigenvalue weighted by molar-refractivity contribution is 5.79. The van der Waals surface area contributed by atoms with E-state index in [1.54, 1.807) is 4.90 Å². The van der Waals surface area contributed by atoms with Crippen molar-refractivity contribution in [3.05, 3.63) is 17.6 Å². The van der Waals surface area contributed by atoms with E-state index in [4.69, 9.17) is 9.97 Å². The van der Waals surface area contributed by atoms with Gasteiger partial charge in [-0.2, -0.15) is 0 Å². The van der Waals surface area contributed by atoms with Crippen LogP contribution in [0.2, 0.25) is 0 Å². The van der Waals surface area contributed by atoms with Gasteiger partial charge in [-0.1, -0.05) is 6.42 Å². The minimum absolute atomic E-state index is 0.129. The molecule has 0 spiro atoms. The lowest BCUT2D eigenvalue weighted by atomic mass is 9.95. The van der Waals surface area contributed by atoms with Crippen LogP contribution in [-0.4, -0.2) is 96.9 Å². The second kappa shape index (κ2) is 9.51. The molecule has 3 aliphatic heterocycles. The van der Waals surface area contributed by atoms with E-state index in [2.05, 4.69) is 4.90 Å². The fourth-order valence-electron chi connectivity index (χ4n) is 4.95. The van der Waals surface area contributed by atoms with Crippen LogP contribution in [-0.2, 0) is 9.59 Å². The van der Waals surface area contributed by atoms with Crippen molar-refractivity contribution < 1.29 is 9.59 Å². The number of carbonyl (C=O) groups is 2. The van der Waals surface area contributed by atoms with Crippen molar-refractivity contribution in [2.45, 2.75) is 50.4 Å². The Morgan fingerprint density at radius 1 is 1.06 bits per heavy atom. The summed E-state index contributed by atoms with van der Waals surface area (Å²) < 4.78 is 0. The van der Waals surface area contributed by atoms with E-state index in [1.807, 2.05) is 37.0 Å². The molecule has 3 fully saturated rings. The second-order valence-electron chi connectivity index (χ2n) is 9.57. The number of likely N-dealkylation sites (tertiary alicyclic amines) is 3. The van der Waals surface area contributed by atoms with Crippen LogP contribution in [0, 0.1) is 0 Å². The summed E-state index contributed by atoms with van der Waals surface area (Å²) in [4.78, 5) is 42.7. The highest BCUT2D eigenvalue weighted by atomic mass is 16.2. The largest absolute Gasteiger partial charge is 0.363 e. The molecule has 4 heterocycles. The number of hydrogen-bond acceptors (Lipinski definition) is 6. The van der Waals surface area contributed by atoms with Gasteiger partial charge in [0.25, 0.3) is 0 Å². The molecule has 31 heavy (non-hydrogen) atoms. The number of carbonyl (C=O) groups excluding carboxylic acids is 2. The number of likely N-dealkylation sites (N-methyl/N-ethyl adjacent to an activating group) is 1. The molecule has 0 unspecified atom stereocenters. The van der Waals surface area contributed by atoms with Gasteiger partial charge in [-0.05, 0) is 38.8 Å². The molecule has 0 aromatic carbocycles. The van der Waals surface area contributed by atoms with Crippen LogP contribution in [0.5, 0.6) is 0 Å². The highest BCUT2D eigenvalue weighted by Gasteiger charge is 2.32. The van der Waals surface area contributed by atoms with Gasteiger partial charge in [0.15, 0.2) is 0 Å². The van der Waals surface area contributed by atoms with Crippen LogP contribution >= 0.6 is 0 Å². The molecule has 1 aromatic rings. The molecular weight excluding hydrogens is 392 g/mol. The summed E-state index contributed by atoms with van der Waals surface area (Å²) in [5.41, 5.74) is 0.968. The number of amides is 2. The Bertz CT molecular complexity index is 799. The first-order valence-corrected chi connectivity index (χ1v) is 11.7. The molecule has 2 amide bonds. The zero-order valence-electron chi connectivity index (χ0n) is 19.2. The average molecular weight is 429 g/mol. The van der Waals surface area contributed by atoms with E-state index >= 15 is 0 Å². The maximum Gasteiger partial charge on any atom is 0.236 e. The van der Waals surface area contributed by atoms with Crippen molar-refractivity contribution >= 4 is 17.6 Å². The lowest BCUT2D eigenvalue weighted by Crippen LogP contribution is -2.45. The van der Waals surface area contributed by atoms with Crippen molar-refractivity contribution in [1.29, 1.82) is 0 Å². The zero-order chi connectivity index (χ0) is 22.0. The maximum atomic E-state index is 12.8. The monoisotopic (exact) mass is 428 g/mol. The Kier molecular flexibility index (Phi) is 6.74. The normalized spacial score (nSPS) is 23.5. The lowest BCUT2D eigenvalue weighted by Gasteiger charge is -2.34. The first-order chi connectivity index (χ1) is 14.9. The van der Waals surface area contributed by atoms with Gasteiger partial charge in [0.05, 0.1) is 12.2 Å². The molecule has 0 aliphatic carbocycles. The molecule has 8 heteroatoms. The summed E-state index contributed by atoms with van der Waals surface area (Å²) in [5, 5.41) is 0. The molecule has 1 atom stereocenters. The van der Waals surface area contributed by atoms with Crippen LogP contribution < -0.4 is 4.90 Å². The fourth-order valence-corrected chi connectivity index (χ4v) is 4.95. The van der Waals surface area contributed by atoms with Crippen molar-refractivity contribution in [3.8, 4) is 0 Å². The first kappa shape index (κ1) is 22.0. The van der Waals surface area contributed by atoms with Gasteiger partial charge in [-0.15, -0.1) is 0 Å². The van der Waals surface area contributed by atoms with E-state index in [0.29, 0.717) is 19.5 Å². The molecule has 0 bridgehead atoms. The third-order valence-corrected chi connectivity index (χ3v) is 6.99. The Morgan fingerprint density at radius 3 is 2.39 bits per heavy atom. The van der Waals surface area contributed by atoms with E-state index < -0.39 is 0 Å². The molecular formula is C23H36N6O2. The SMILES string of the molecule is CN1C[C@H](c2cc(N(C)C)nc(C3CCN(C(=O)CN4CCCCC4)CC3)n2)CC1=O. The molecule has 8 nitrogen and oxygen atoms in total. The number of aromatic nitrogens is 2. The van der Waals surface area contributed by atoms with Gasteiger partial charge < -0.3 is 14.7 Å². The van der Waals surface area contributed by atoms with Gasteiger partial charge in [0.1, 0.15) is 11.6 Å². The van der Waals surface area contributed by atoms with E-state index in [0.717, 1.165) is 56.4 Å². The maximum absolute atomic E-state index is 12.8. The summed E-state index contributed by atoms with van der Waals surface area (Å²) in [6.07, 6.45) is 6.01. The average Bonchev–Trinajstić information content (AvgIpc) is 3.12. The number of rotatable bonds is 5. The summed E-state index contributed by atoms with van der Waals surface area (Å²) in [5.74, 6) is 2.59. The standard InChI is InChI=1S/C23H36N6O2/c1-26(2)20-14-19(18-13-21(30)27(3)15-18)24-23(25-20)17-7-11-29(12-8-17)22(31)16-28-9-5-4-6-10-28/h14,17-18H,4-13,15-16H2,1-3H3/t18-/m1/s1. The molecule has 0 N–H and O–H groups in total. The third-order valence-electron chi connectivity index (χ3n) is 6.99. The van der Waals surface area contributed by atoms with Gasteiger partial charge in [0.2, 0.25) is 11.8 Å². The molecule has 3 saturated heterocycles. The predicted octanol–water partition coefficient (Wildman–Crippen LogP) is 1.68. The molecule has 4 rings (SSSR count). The Hall–Kier alpha value is -2.22. The molecule has 0 radical (unpaired) electrons. The molecule has 170 valence electrons. The predicted molar refractivity (Wildman–Crippen MR) is 120 cm³/mol. The highest BCUT2D eigenvalue weighted by Crippen LogP contribution is 2.32. The lowest BCUT2D eigenvalue weighted by molar-refractivity contribution is -0.133. The number of hydrogen-bond donors (Lipinski definition) is 0. The number of anilines is 1. The van der Waals surface area contributed by atoms with Gasteiger partial charge in [0, 0.05) is 65.1 Å². The van der Waals surface area contributed by atoms with Gasteiger partial charge in [-0.25, -0.2) is 9.97 Å². The van der Waals surface area contributed by atoms with Crippen molar-refractivity contribution in [1.82, 2.24) is 24.7 Å². The van der Waals surface area contributed by atoms with Crippen LogP contribution in [0.15, 0.2) is 6.07 Å². The van der Waals surface area contributed by atoms with Crippen molar-refractivity contribution in [2.75, 3.05) is 65.3 Å². The second-order valence-corrected chi connectivity index (χ2v) is 9.57. The van der Waals surface area contributed by atoms with Crippen LogP contribution in [0.4, 0.5) is 5.82 Å². The Labute approximate surface area is 185 Å². The minimum atomic E-state index is 0.129. The number of nitrogens with zero attached hydrogens (tertiary/aromatic N) is 6. The summed E-state index contributed by atoms with van der Waals surface area (Å²) in [6.45, 7) is 4.92. The van der Waals surface area contributed by atoms with Crippen molar-refractivity contribution in [3.63, 3.8) is 0 Å². The zero-order valence-corrected chi connectivity index (χ0v) is 19.2. The summed E-state index contributed by atoms with van der Waals surface area (Å²) in [7, 11) is 5.83. The fraction of sp³-hybridized carbons (Fsp3) is 0.739. The van der Waals surface area contributed by atoms with Crippen LogP contribution in [0.3, 0.4) is 0 Å². The number of piperidine rings is 2. The first-order valence-electron chi connectivity index (χ1n) is 11.7. The minimum Gasteiger partial charge on any atom is -0.363 e. The van der Waals surface area contributed by atoms with Crippen molar-refractivity contribution in [2.24, 2.45) is 0 Å². The topological polar surface area (TPSA) is 72.9 Å². The summed E-state index contributed by atoms with van der Waals surface area (Å²) in [6, 6.07) is 2.03. The van der Waals surface area contributed by atoms with Crippen LogP contribution in [0.1, 0.15) is 61.9 Å². The van der Waals surface area contributed by atoms with E-state index in [9.17, 15) is 9.59 Å². The Balaban J connectivity index is 1.41. The molecule has 0 saturated carbocycles. The third kappa shape index (κ3) is 5.17. The quantitative estimate of drug-likeness (QED) is 0.711. The smallest absolute Gasteiger partial charge is 0.236 e. The van der Waals surface area contributed by atoms with Gasteiger partial charge in [-0.3, -0.25) is 14.5 Å². The molecule has 3 aliphatic rings. The van der Waals surface area contributed by atoms with Crippen LogP contribution in [0.25, 0.3) is 0 Å². The Morgan fingerprint density at radius 2 is 1.77 bits per heavy atom. The van der Waals surface area contributed by atoms with Gasteiger partial charge >= 0.3 is 0 Å². The summed E-state index contributed by atoms with van der Waals surface area (Å²) >= 11 is 0. The van der Waals surface area contributed by atoms with E-state index in [-0.39, 0.29) is 23.7 Å². The van der Waals surface area contributed by atoms with E-state index in [1.165, 1.54) is 19.3 Å².